The lowest BCUT2D eigenvalue weighted by molar-refractivity contribution is -0.122. The molecule has 1 saturated heterocycles. The Balaban J connectivity index is 1.75. The summed E-state index contributed by atoms with van der Waals surface area (Å²) in [6, 6.07) is 14.4. The molecule has 3 aromatic rings. The van der Waals surface area contributed by atoms with Crippen LogP contribution in [0.5, 0.6) is 0 Å². The molecule has 0 unspecified atom stereocenters. The van der Waals surface area contributed by atoms with E-state index in [4.69, 9.17) is 5.11 Å². The van der Waals surface area contributed by atoms with Crippen molar-refractivity contribution in [3.05, 3.63) is 88.2 Å². The van der Waals surface area contributed by atoms with E-state index in [1.807, 2.05) is 24.5 Å². The van der Waals surface area contributed by atoms with Gasteiger partial charge in [-0.2, -0.15) is 0 Å². The van der Waals surface area contributed by atoms with E-state index in [1.54, 1.807) is 43.3 Å². The van der Waals surface area contributed by atoms with Crippen molar-refractivity contribution in [1.82, 2.24) is 9.88 Å². The smallest absolute Gasteiger partial charge is 0.335 e. The molecule has 2 heterocycles. The maximum absolute atomic E-state index is 13.2. The predicted molar refractivity (Wildman–Crippen MR) is 122 cm³/mol. The van der Waals surface area contributed by atoms with Gasteiger partial charge in [0.05, 0.1) is 11.3 Å². The summed E-state index contributed by atoms with van der Waals surface area (Å²) in [5, 5.41) is 11.4. The van der Waals surface area contributed by atoms with Crippen LogP contribution in [0.25, 0.3) is 11.8 Å². The fraction of sp³-hybridized carbons (Fsp3) is 0.120. The molecular formula is C25H21N3O5. The molecule has 2 aromatic carbocycles. The van der Waals surface area contributed by atoms with Crippen molar-refractivity contribution in [3.8, 4) is 5.69 Å². The molecule has 8 heteroatoms. The second-order valence-corrected chi connectivity index (χ2v) is 7.76. The Hall–Kier alpha value is -4.46. The third-order valence-corrected chi connectivity index (χ3v) is 5.60. The number of carbonyl (C=O) groups is 4. The van der Waals surface area contributed by atoms with Gasteiger partial charge in [0.1, 0.15) is 5.57 Å². The fourth-order valence-corrected chi connectivity index (χ4v) is 3.93. The maximum Gasteiger partial charge on any atom is 0.335 e. The van der Waals surface area contributed by atoms with Gasteiger partial charge >= 0.3 is 12.0 Å². The summed E-state index contributed by atoms with van der Waals surface area (Å²) in [7, 11) is 0. The van der Waals surface area contributed by atoms with Crippen LogP contribution >= 0.6 is 0 Å². The molecule has 8 nitrogen and oxygen atoms in total. The summed E-state index contributed by atoms with van der Waals surface area (Å²) in [6.45, 7) is 5.48. The minimum atomic E-state index is -1.01. The van der Waals surface area contributed by atoms with Gasteiger partial charge in [0.2, 0.25) is 0 Å². The van der Waals surface area contributed by atoms with Gasteiger partial charge in [-0.1, -0.05) is 18.2 Å². The molecule has 4 amide bonds. The summed E-state index contributed by atoms with van der Waals surface area (Å²) in [5.41, 5.74) is 4.11. The largest absolute Gasteiger partial charge is 0.478 e. The van der Waals surface area contributed by atoms with Crippen molar-refractivity contribution >= 4 is 35.6 Å². The topological polar surface area (TPSA) is 109 Å². The van der Waals surface area contributed by atoms with Crippen molar-refractivity contribution in [1.29, 1.82) is 0 Å². The summed E-state index contributed by atoms with van der Waals surface area (Å²) < 4.78 is 1.90. The molecule has 1 aromatic heterocycles. The number of aromatic nitrogens is 1. The Kier molecular flexibility index (Phi) is 5.43. The fourth-order valence-electron chi connectivity index (χ4n) is 3.93. The molecule has 33 heavy (non-hydrogen) atoms. The Morgan fingerprint density at radius 2 is 1.64 bits per heavy atom. The number of nitrogens with one attached hydrogen (secondary N) is 1. The molecule has 0 atom stereocenters. The number of amides is 4. The zero-order valence-corrected chi connectivity index (χ0v) is 18.2. The summed E-state index contributed by atoms with van der Waals surface area (Å²) in [5.74, 6) is -2.47. The van der Waals surface area contributed by atoms with Gasteiger partial charge in [0.25, 0.3) is 11.8 Å². The number of urea groups is 1. The van der Waals surface area contributed by atoms with E-state index in [0.29, 0.717) is 11.3 Å². The van der Waals surface area contributed by atoms with Crippen molar-refractivity contribution in [3.63, 3.8) is 0 Å². The molecule has 4 rings (SSSR count). The Morgan fingerprint density at radius 3 is 2.27 bits per heavy atom. The first-order chi connectivity index (χ1) is 15.7. The van der Waals surface area contributed by atoms with Crippen LogP contribution in [0.1, 0.15) is 32.9 Å². The number of carbonyl (C=O) groups excluding carboxylic acids is 3. The maximum atomic E-state index is 13.2. The Labute approximate surface area is 189 Å². The standard InChI is InChI=1S/C25H21N3O5/c1-14-6-4-5-7-21(14)28-23(30)20(22(29)26-25(28)33)13-18-12-15(2)27(16(18)3)19-10-8-17(9-11-19)24(31)32/h4-13H,1-3H3,(H,31,32)(H,26,29,33)/b20-13-. The molecule has 2 N–H and O–H groups in total. The van der Waals surface area contributed by atoms with Gasteiger partial charge in [0.15, 0.2) is 0 Å². The normalized spacial score (nSPS) is 15.2. The second kappa shape index (κ2) is 8.23. The van der Waals surface area contributed by atoms with Gasteiger partial charge in [0, 0.05) is 17.1 Å². The molecule has 166 valence electrons. The Morgan fingerprint density at radius 1 is 0.970 bits per heavy atom. The van der Waals surface area contributed by atoms with E-state index < -0.39 is 23.8 Å². The Bertz CT molecular complexity index is 1350. The third kappa shape index (κ3) is 3.82. The number of hydrogen-bond donors (Lipinski definition) is 2. The molecule has 1 aliphatic heterocycles. The van der Waals surface area contributed by atoms with Gasteiger partial charge in [-0.15, -0.1) is 0 Å². The minimum Gasteiger partial charge on any atom is -0.478 e. The lowest BCUT2D eigenvalue weighted by Crippen LogP contribution is -2.54. The van der Waals surface area contributed by atoms with E-state index in [2.05, 4.69) is 5.32 Å². The van der Waals surface area contributed by atoms with Crippen LogP contribution in [0.15, 0.2) is 60.2 Å². The molecule has 0 spiro atoms. The number of carboxylic acids is 1. The first-order valence-corrected chi connectivity index (χ1v) is 10.2. The van der Waals surface area contributed by atoms with Crippen LogP contribution in [-0.2, 0) is 9.59 Å². The van der Waals surface area contributed by atoms with Crippen molar-refractivity contribution in [2.75, 3.05) is 4.90 Å². The molecule has 0 aliphatic carbocycles. The van der Waals surface area contributed by atoms with E-state index in [0.717, 1.165) is 27.5 Å². The van der Waals surface area contributed by atoms with Crippen molar-refractivity contribution in [2.24, 2.45) is 0 Å². The predicted octanol–water partition coefficient (Wildman–Crippen LogP) is 3.77. The number of imide groups is 2. The van der Waals surface area contributed by atoms with Crippen LogP contribution in [-0.4, -0.2) is 33.5 Å². The van der Waals surface area contributed by atoms with Gasteiger partial charge in [-0.3, -0.25) is 14.9 Å². The zero-order valence-electron chi connectivity index (χ0n) is 18.2. The average molecular weight is 443 g/mol. The van der Waals surface area contributed by atoms with Gasteiger partial charge in [-0.25, -0.2) is 14.5 Å². The van der Waals surface area contributed by atoms with Crippen LogP contribution < -0.4 is 10.2 Å². The van der Waals surface area contributed by atoms with Gasteiger partial charge < -0.3 is 9.67 Å². The second-order valence-electron chi connectivity index (χ2n) is 7.76. The number of anilines is 1. The first-order valence-electron chi connectivity index (χ1n) is 10.2. The number of aromatic carboxylic acids is 1. The first kappa shape index (κ1) is 21.8. The third-order valence-electron chi connectivity index (χ3n) is 5.60. The highest BCUT2D eigenvalue weighted by atomic mass is 16.4. The highest BCUT2D eigenvalue weighted by Crippen LogP contribution is 2.27. The number of rotatable bonds is 4. The number of para-hydroxylation sites is 1. The van der Waals surface area contributed by atoms with E-state index in [1.165, 1.54) is 18.2 Å². The highest BCUT2D eigenvalue weighted by Gasteiger charge is 2.37. The van der Waals surface area contributed by atoms with Crippen LogP contribution in [0, 0.1) is 20.8 Å². The van der Waals surface area contributed by atoms with Crippen LogP contribution in [0.3, 0.4) is 0 Å². The minimum absolute atomic E-state index is 0.153. The molecule has 0 radical (unpaired) electrons. The number of barbiturate groups is 1. The van der Waals surface area contributed by atoms with Crippen molar-refractivity contribution < 1.29 is 24.3 Å². The molecule has 0 bridgehead atoms. The van der Waals surface area contributed by atoms with Crippen LogP contribution in [0.2, 0.25) is 0 Å². The average Bonchev–Trinajstić information content (AvgIpc) is 3.05. The quantitative estimate of drug-likeness (QED) is 0.471. The lowest BCUT2D eigenvalue weighted by Gasteiger charge is -2.27. The molecule has 1 aliphatic rings. The van der Waals surface area contributed by atoms with Crippen LogP contribution in [0.4, 0.5) is 10.5 Å². The van der Waals surface area contributed by atoms with E-state index >= 15 is 0 Å². The number of carboxylic acid groups (broad SMARTS) is 1. The number of aryl methyl sites for hydroxylation is 2. The number of hydrogen-bond acceptors (Lipinski definition) is 4. The lowest BCUT2D eigenvalue weighted by atomic mass is 10.1. The van der Waals surface area contributed by atoms with E-state index in [-0.39, 0.29) is 11.1 Å². The SMILES string of the molecule is Cc1ccccc1N1C(=O)NC(=O)/C(=C/c2cc(C)n(-c3ccc(C(=O)O)cc3)c2C)C1=O. The number of benzene rings is 2. The summed E-state index contributed by atoms with van der Waals surface area (Å²) >= 11 is 0. The van der Waals surface area contributed by atoms with E-state index in [9.17, 15) is 19.2 Å². The highest BCUT2D eigenvalue weighted by molar-refractivity contribution is 6.39. The molecule has 1 fully saturated rings. The molecular weight excluding hydrogens is 422 g/mol. The monoisotopic (exact) mass is 443 g/mol. The van der Waals surface area contributed by atoms with Crippen molar-refractivity contribution in [2.45, 2.75) is 20.8 Å². The number of nitrogens with zero attached hydrogens (tertiary/aromatic N) is 2. The zero-order chi connectivity index (χ0) is 23.9. The summed E-state index contributed by atoms with van der Waals surface area (Å²) in [4.78, 5) is 50.3. The molecule has 0 saturated carbocycles. The van der Waals surface area contributed by atoms with Gasteiger partial charge in [-0.05, 0) is 74.4 Å². The summed E-state index contributed by atoms with van der Waals surface area (Å²) in [6.07, 6.45) is 1.47.